The van der Waals surface area contributed by atoms with Gasteiger partial charge in [0.05, 0.1) is 4.34 Å². The second-order valence-corrected chi connectivity index (χ2v) is 6.36. The summed E-state index contributed by atoms with van der Waals surface area (Å²) in [5.74, 6) is 0. The van der Waals surface area contributed by atoms with Crippen LogP contribution < -0.4 is 5.32 Å². The molecule has 0 aliphatic carbocycles. The smallest absolute Gasteiger partial charge is 0.0931 e. The van der Waals surface area contributed by atoms with Crippen LogP contribution in [-0.2, 0) is 0 Å². The zero-order valence-electron chi connectivity index (χ0n) is 10.9. The summed E-state index contributed by atoms with van der Waals surface area (Å²) in [4.78, 5) is 1.28. The van der Waals surface area contributed by atoms with Gasteiger partial charge < -0.3 is 5.32 Å². The molecule has 1 aromatic heterocycles. The number of rotatable bonds is 4. The van der Waals surface area contributed by atoms with Gasteiger partial charge in [-0.15, -0.1) is 11.3 Å². The minimum Gasteiger partial charge on any atom is -0.303 e. The number of hydrogen-bond acceptors (Lipinski definition) is 2. The van der Waals surface area contributed by atoms with Gasteiger partial charge in [-0.2, -0.15) is 0 Å². The zero-order chi connectivity index (χ0) is 13.1. The molecule has 0 aliphatic rings. The molecule has 0 fully saturated rings. The van der Waals surface area contributed by atoms with Gasteiger partial charge in [-0.05, 0) is 44.0 Å². The van der Waals surface area contributed by atoms with Crippen molar-refractivity contribution in [2.24, 2.45) is 0 Å². The Balaban J connectivity index is 2.08. The summed E-state index contributed by atoms with van der Waals surface area (Å²) < 4.78 is 0.849. The Hall–Kier alpha value is -0.830. The third-order valence-electron chi connectivity index (χ3n) is 3.18. The molecule has 1 nitrogen and oxygen atoms in total. The summed E-state index contributed by atoms with van der Waals surface area (Å²) in [7, 11) is 0. The molecule has 2 aromatic rings. The van der Waals surface area contributed by atoms with Crippen LogP contribution in [0.1, 0.15) is 41.9 Å². The Labute approximate surface area is 118 Å². The molecule has 0 saturated heterocycles. The molecule has 2 atom stereocenters. The van der Waals surface area contributed by atoms with Gasteiger partial charge in [-0.3, -0.25) is 0 Å². The predicted molar refractivity (Wildman–Crippen MR) is 80.5 cm³/mol. The Bertz CT molecular complexity index is 521. The van der Waals surface area contributed by atoms with E-state index in [0.29, 0.717) is 12.1 Å². The largest absolute Gasteiger partial charge is 0.303 e. The van der Waals surface area contributed by atoms with Crippen molar-refractivity contribution in [1.82, 2.24) is 5.32 Å². The van der Waals surface area contributed by atoms with Crippen LogP contribution in [0.4, 0.5) is 0 Å². The first kappa shape index (κ1) is 13.6. The zero-order valence-corrected chi connectivity index (χ0v) is 12.5. The standard InChI is InChI=1S/C15H18ClNS/c1-10-6-4-5-7-13(10)11(2)17-12(3)14-8-9-15(16)18-14/h4-9,11-12,17H,1-3H3/t11-,12?/m0/s1. The van der Waals surface area contributed by atoms with Gasteiger partial charge in [0.2, 0.25) is 0 Å². The van der Waals surface area contributed by atoms with E-state index < -0.39 is 0 Å². The summed E-state index contributed by atoms with van der Waals surface area (Å²) in [6, 6.07) is 13.2. The molecule has 0 aliphatic heterocycles. The van der Waals surface area contributed by atoms with E-state index in [2.05, 4.69) is 56.4 Å². The lowest BCUT2D eigenvalue weighted by atomic mass is 10.0. The molecule has 96 valence electrons. The maximum atomic E-state index is 5.97. The number of halogens is 1. The first-order chi connectivity index (χ1) is 8.58. The molecule has 1 unspecified atom stereocenters. The van der Waals surface area contributed by atoms with Crippen molar-refractivity contribution in [1.29, 1.82) is 0 Å². The van der Waals surface area contributed by atoms with Crippen molar-refractivity contribution in [2.75, 3.05) is 0 Å². The Morgan fingerprint density at radius 2 is 1.78 bits per heavy atom. The topological polar surface area (TPSA) is 12.0 Å². The van der Waals surface area contributed by atoms with Gasteiger partial charge in [-0.25, -0.2) is 0 Å². The number of thiophene rings is 1. The van der Waals surface area contributed by atoms with Crippen LogP contribution in [0.15, 0.2) is 36.4 Å². The number of nitrogens with one attached hydrogen (secondary N) is 1. The SMILES string of the molecule is Cc1ccccc1[C@H](C)NC(C)c1ccc(Cl)s1. The van der Waals surface area contributed by atoms with Crippen molar-refractivity contribution < 1.29 is 0 Å². The van der Waals surface area contributed by atoms with E-state index in [-0.39, 0.29) is 0 Å². The van der Waals surface area contributed by atoms with Crippen molar-refractivity contribution in [3.63, 3.8) is 0 Å². The van der Waals surface area contributed by atoms with Crippen LogP contribution >= 0.6 is 22.9 Å². The molecular weight excluding hydrogens is 262 g/mol. The summed E-state index contributed by atoms with van der Waals surface area (Å²) in [6.45, 7) is 6.53. The highest BCUT2D eigenvalue weighted by Gasteiger charge is 2.13. The summed E-state index contributed by atoms with van der Waals surface area (Å²) in [6.07, 6.45) is 0. The summed E-state index contributed by atoms with van der Waals surface area (Å²) in [5, 5.41) is 3.62. The Morgan fingerprint density at radius 3 is 2.39 bits per heavy atom. The minimum atomic E-state index is 0.317. The van der Waals surface area contributed by atoms with Gasteiger partial charge in [0.1, 0.15) is 0 Å². The van der Waals surface area contributed by atoms with Gasteiger partial charge in [0.25, 0.3) is 0 Å². The van der Waals surface area contributed by atoms with Crippen molar-refractivity contribution in [2.45, 2.75) is 32.9 Å². The molecule has 0 radical (unpaired) electrons. The average Bonchev–Trinajstić information content (AvgIpc) is 2.76. The van der Waals surface area contributed by atoms with E-state index in [9.17, 15) is 0 Å². The Kier molecular flexibility index (Phi) is 4.44. The third-order valence-corrected chi connectivity index (χ3v) is 4.59. The average molecular weight is 280 g/mol. The summed E-state index contributed by atoms with van der Waals surface area (Å²) in [5.41, 5.74) is 2.68. The van der Waals surface area contributed by atoms with Crippen LogP contribution in [0.5, 0.6) is 0 Å². The lowest BCUT2D eigenvalue weighted by Crippen LogP contribution is -2.22. The number of benzene rings is 1. The fourth-order valence-electron chi connectivity index (χ4n) is 2.18. The van der Waals surface area contributed by atoms with Crippen molar-refractivity contribution in [3.8, 4) is 0 Å². The third kappa shape index (κ3) is 3.14. The van der Waals surface area contributed by atoms with Gasteiger partial charge >= 0.3 is 0 Å². The number of hydrogen-bond donors (Lipinski definition) is 1. The molecule has 1 heterocycles. The molecule has 0 bridgehead atoms. The summed E-state index contributed by atoms with van der Waals surface area (Å²) >= 11 is 7.61. The van der Waals surface area contributed by atoms with Crippen LogP contribution in [0.25, 0.3) is 0 Å². The molecule has 1 N–H and O–H groups in total. The number of aryl methyl sites for hydroxylation is 1. The molecule has 0 saturated carbocycles. The fourth-order valence-corrected chi connectivity index (χ4v) is 3.25. The first-order valence-electron chi connectivity index (χ1n) is 6.14. The van der Waals surface area contributed by atoms with Crippen LogP contribution in [0.3, 0.4) is 0 Å². The van der Waals surface area contributed by atoms with Crippen LogP contribution in [0.2, 0.25) is 4.34 Å². The van der Waals surface area contributed by atoms with Gasteiger partial charge in [0.15, 0.2) is 0 Å². The molecule has 3 heteroatoms. The lowest BCUT2D eigenvalue weighted by molar-refractivity contribution is 0.498. The predicted octanol–water partition coefficient (Wildman–Crippen LogP) is 5.12. The first-order valence-corrected chi connectivity index (χ1v) is 7.34. The van der Waals surface area contributed by atoms with E-state index in [1.807, 2.05) is 6.07 Å². The molecular formula is C15H18ClNS. The maximum absolute atomic E-state index is 5.97. The van der Waals surface area contributed by atoms with Gasteiger partial charge in [-0.1, -0.05) is 35.9 Å². The lowest BCUT2D eigenvalue weighted by Gasteiger charge is -2.21. The van der Waals surface area contributed by atoms with E-state index in [0.717, 1.165) is 4.34 Å². The molecule has 18 heavy (non-hydrogen) atoms. The second-order valence-electron chi connectivity index (χ2n) is 4.61. The maximum Gasteiger partial charge on any atom is 0.0931 e. The molecule has 0 spiro atoms. The highest BCUT2D eigenvalue weighted by atomic mass is 35.5. The van der Waals surface area contributed by atoms with Crippen LogP contribution in [-0.4, -0.2) is 0 Å². The monoisotopic (exact) mass is 279 g/mol. The van der Waals surface area contributed by atoms with Crippen molar-refractivity contribution >= 4 is 22.9 Å². The Morgan fingerprint density at radius 1 is 1.06 bits per heavy atom. The molecule has 1 aromatic carbocycles. The van der Waals surface area contributed by atoms with E-state index >= 15 is 0 Å². The fraction of sp³-hybridized carbons (Fsp3) is 0.333. The highest BCUT2D eigenvalue weighted by Crippen LogP contribution is 2.28. The van der Waals surface area contributed by atoms with E-state index in [1.54, 1.807) is 11.3 Å². The second kappa shape index (κ2) is 5.87. The van der Waals surface area contributed by atoms with E-state index in [1.165, 1.54) is 16.0 Å². The van der Waals surface area contributed by atoms with E-state index in [4.69, 9.17) is 11.6 Å². The molecule has 2 rings (SSSR count). The normalized spacial score (nSPS) is 14.4. The molecule has 0 amide bonds. The minimum absolute atomic E-state index is 0.317. The van der Waals surface area contributed by atoms with Crippen molar-refractivity contribution in [3.05, 3.63) is 56.7 Å². The van der Waals surface area contributed by atoms with Gasteiger partial charge in [0, 0.05) is 17.0 Å². The quantitative estimate of drug-likeness (QED) is 0.819. The van der Waals surface area contributed by atoms with Crippen LogP contribution in [0, 0.1) is 6.92 Å². The highest BCUT2D eigenvalue weighted by molar-refractivity contribution is 7.16.